The van der Waals surface area contributed by atoms with Crippen LogP contribution >= 0.6 is 23.4 Å². The zero-order valence-electron chi connectivity index (χ0n) is 16.2. The van der Waals surface area contributed by atoms with E-state index in [4.69, 9.17) is 11.6 Å². The molecule has 2 aliphatic heterocycles. The molecule has 2 amide bonds. The topological polar surface area (TPSA) is 43.9 Å². The van der Waals surface area contributed by atoms with E-state index in [1.54, 1.807) is 11.8 Å². The van der Waals surface area contributed by atoms with E-state index >= 15 is 0 Å². The van der Waals surface area contributed by atoms with Gasteiger partial charge in [0.2, 0.25) is 11.8 Å². The maximum absolute atomic E-state index is 12.7. The van der Waals surface area contributed by atoms with Crippen molar-refractivity contribution >= 4 is 46.6 Å². The van der Waals surface area contributed by atoms with E-state index < -0.39 is 0 Å². The normalized spacial score (nSPS) is 16.5. The summed E-state index contributed by atoms with van der Waals surface area (Å²) >= 11 is 7.86. The Morgan fingerprint density at radius 3 is 2.45 bits per heavy atom. The number of hydrogen-bond acceptors (Lipinski definition) is 4. The van der Waals surface area contributed by atoms with Crippen molar-refractivity contribution in [2.24, 2.45) is 0 Å². The van der Waals surface area contributed by atoms with E-state index in [1.807, 2.05) is 58.3 Å². The molecule has 29 heavy (non-hydrogen) atoms. The van der Waals surface area contributed by atoms with Crippen LogP contribution in [0.2, 0.25) is 5.02 Å². The van der Waals surface area contributed by atoms with Crippen molar-refractivity contribution in [2.75, 3.05) is 48.3 Å². The first kappa shape index (κ1) is 20.1. The minimum Gasteiger partial charge on any atom is -0.368 e. The summed E-state index contributed by atoms with van der Waals surface area (Å²) in [6.07, 6.45) is 0.522. The number of rotatable bonds is 4. The van der Waals surface area contributed by atoms with Gasteiger partial charge in [0, 0.05) is 66.9 Å². The van der Waals surface area contributed by atoms with Gasteiger partial charge in [-0.15, -0.1) is 11.8 Å². The monoisotopic (exact) mass is 429 g/mol. The van der Waals surface area contributed by atoms with Crippen molar-refractivity contribution in [3.05, 3.63) is 53.6 Å². The summed E-state index contributed by atoms with van der Waals surface area (Å²) in [6, 6.07) is 15.8. The molecule has 2 aliphatic rings. The fraction of sp³-hybridized carbons (Fsp3) is 0.364. The molecule has 0 radical (unpaired) electrons. The molecule has 4 rings (SSSR count). The number of nitrogens with zero attached hydrogens (tertiary/aromatic N) is 3. The van der Waals surface area contributed by atoms with Crippen molar-refractivity contribution in [1.82, 2.24) is 4.90 Å². The van der Waals surface area contributed by atoms with Crippen LogP contribution in [0.5, 0.6) is 0 Å². The lowest BCUT2D eigenvalue weighted by Gasteiger charge is -2.36. The van der Waals surface area contributed by atoms with Gasteiger partial charge < -0.3 is 14.7 Å². The van der Waals surface area contributed by atoms with E-state index in [0.717, 1.165) is 40.1 Å². The van der Waals surface area contributed by atoms with Crippen molar-refractivity contribution in [2.45, 2.75) is 17.7 Å². The molecular weight excluding hydrogens is 406 g/mol. The van der Waals surface area contributed by atoms with Crippen LogP contribution in [0.1, 0.15) is 12.8 Å². The van der Waals surface area contributed by atoms with Gasteiger partial charge in [-0.25, -0.2) is 0 Å². The third kappa shape index (κ3) is 4.70. The van der Waals surface area contributed by atoms with E-state index in [2.05, 4.69) is 4.90 Å². The van der Waals surface area contributed by atoms with E-state index in [1.165, 1.54) is 0 Å². The maximum atomic E-state index is 12.7. The van der Waals surface area contributed by atoms with Crippen molar-refractivity contribution < 1.29 is 9.59 Å². The Morgan fingerprint density at radius 2 is 1.66 bits per heavy atom. The summed E-state index contributed by atoms with van der Waals surface area (Å²) in [4.78, 5) is 32.5. The van der Waals surface area contributed by atoms with Gasteiger partial charge in [-0.1, -0.05) is 29.8 Å². The second kappa shape index (κ2) is 9.09. The van der Waals surface area contributed by atoms with Crippen molar-refractivity contribution in [3.63, 3.8) is 0 Å². The molecule has 2 aromatic carbocycles. The predicted molar refractivity (Wildman–Crippen MR) is 119 cm³/mol. The van der Waals surface area contributed by atoms with E-state index in [9.17, 15) is 9.59 Å². The molecule has 0 saturated carbocycles. The quantitative estimate of drug-likeness (QED) is 0.739. The van der Waals surface area contributed by atoms with E-state index in [-0.39, 0.29) is 24.7 Å². The van der Waals surface area contributed by atoms with Gasteiger partial charge >= 0.3 is 0 Å². The Morgan fingerprint density at radius 1 is 0.897 bits per heavy atom. The first-order valence-corrected chi connectivity index (χ1v) is 11.3. The number of carbonyl (C=O) groups is 2. The molecule has 0 bridgehead atoms. The number of anilines is 2. The van der Waals surface area contributed by atoms with Gasteiger partial charge in [0.1, 0.15) is 0 Å². The Kier molecular flexibility index (Phi) is 6.31. The zero-order valence-corrected chi connectivity index (χ0v) is 17.8. The first-order chi connectivity index (χ1) is 14.1. The number of halogens is 1. The van der Waals surface area contributed by atoms with Crippen LogP contribution in [-0.2, 0) is 9.59 Å². The minimum atomic E-state index is 0.0312. The third-order valence-electron chi connectivity index (χ3n) is 5.39. The zero-order chi connectivity index (χ0) is 20.2. The van der Waals surface area contributed by atoms with Crippen LogP contribution < -0.4 is 9.80 Å². The van der Waals surface area contributed by atoms with Gasteiger partial charge in [-0.05, 0) is 30.3 Å². The summed E-state index contributed by atoms with van der Waals surface area (Å²) < 4.78 is 0. The Bertz CT molecular complexity index is 899. The molecule has 0 aliphatic carbocycles. The van der Waals surface area contributed by atoms with Crippen LogP contribution in [-0.4, -0.2) is 55.2 Å². The Balaban J connectivity index is 1.28. The molecule has 2 heterocycles. The van der Waals surface area contributed by atoms with Crippen LogP contribution in [0, 0.1) is 0 Å². The maximum Gasteiger partial charge on any atom is 0.227 e. The first-order valence-electron chi connectivity index (χ1n) is 9.92. The van der Waals surface area contributed by atoms with Gasteiger partial charge in [0.15, 0.2) is 0 Å². The average Bonchev–Trinajstić information content (AvgIpc) is 2.77. The average molecular weight is 430 g/mol. The molecule has 0 spiro atoms. The largest absolute Gasteiger partial charge is 0.368 e. The molecule has 0 N–H and O–H groups in total. The van der Waals surface area contributed by atoms with Gasteiger partial charge in [-0.2, -0.15) is 0 Å². The number of piperazine rings is 1. The van der Waals surface area contributed by atoms with Crippen LogP contribution in [0.15, 0.2) is 53.4 Å². The number of benzene rings is 2. The molecule has 0 unspecified atom stereocenters. The molecule has 7 heteroatoms. The minimum absolute atomic E-state index is 0.0312. The van der Waals surface area contributed by atoms with Crippen LogP contribution in [0.4, 0.5) is 11.4 Å². The highest BCUT2D eigenvalue weighted by molar-refractivity contribution is 7.99. The smallest absolute Gasteiger partial charge is 0.227 e. The number of carbonyl (C=O) groups excluding carboxylic acids is 2. The molecule has 0 aromatic heterocycles. The molecular formula is C22H24ClN3O2S. The Labute approximate surface area is 180 Å². The number of para-hydroxylation sites is 1. The third-order valence-corrected chi connectivity index (χ3v) is 6.67. The van der Waals surface area contributed by atoms with E-state index in [0.29, 0.717) is 19.6 Å². The van der Waals surface area contributed by atoms with Crippen molar-refractivity contribution in [3.8, 4) is 0 Å². The SMILES string of the molecule is O=C(CCC(=O)N1CCSc2ccccc21)N1CCN(c2cccc(Cl)c2)CC1. The summed E-state index contributed by atoms with van der Waals surface area (Å²) in [7, 11) is 0. The number of fused-ring (bicyclic) bond motifs is 1. The highest BCUT2D eigenvalue weighted by Crippen LogP contribution is 2.34. The highest BCUT2D eigenvalue weighted by Gasteiger charge is 2.25. The number of thioether (sulfide) groups is 1. The van der Waals surface area contributed by atoms with Crippen LogP contribution in [0.25, 0.3) is 0 Å². The summed E-state index contributed by atoms with van der Waals surface area (Å²) in [5.41, 5.74) is 2.05. The standard InChI is InChI=1S/C22H24ClN3O2S/c23-17-4-3-5-18(16-17)24-10-12-25(13-11-24)21(27)8-9-22(28)26-14-15-29-20-7-2-1-6-19(20)26/h1-7,16H,8-15H2. The highest BCUT2D eigenvalue weighted by atomic mass is 35.5. The fourth-order valence-corrected chi connectivity index (χ4v) is 5.00. The predicted octanol–water partition coefficient (Wildman–Crippen LogP) is 3.91. The second-order valence-corrected chi connectivity index (χ2v) is 8.78. The van der Waals surface area contributed by atoms with Crippen molar-refractivity contribution in [1.29, 1.82) is 0 Å². The molecule has 1 fully saturated rings. The fourth-order valence-electron chi connectivity index (χ4n) is 3.82. The molecule has 5 nitrogen and oxygen atoms in total. The lowest BCUT2D eigenvalue weighted by atomic mass is 10.2. The summed E-state index contributed by atoms with van der Waals surface area (Å²) in [5.74, 6) is 0.981. The second-order valence-electron chi connectivity index (χ2n) is 7.21. The molecule has 152 valence electrons. The lowest BCUT2D eigenvalue weighted by molar-refractivity contribution is -0.133. The summed E-state index contributed by atoms with van der Waals surface area (Å²) in [6.45, 7) is 3.59. The van der Waals surface area contributed by atoms with Gasteiger partial charge in [0.05, 0.1) is 5.69 Å². The van der Waals surface area contributed by atoms with Crippen LogP contribution in [0.3, 0.4) is 0 Å². The summed E-state index contributed by atoms with van der Waals surface area (Å²) in [5, 5.41) is 0.720. The molecule has 1 saturated heterocycles. The van der Waals surface area contributed by atoms with Gasteiger partial charge in [0.25, 0.3) is 0 Å². The number of hydrogen-bond donors (Lipinski definition) is 0. The molecule has 2 aromatic rings. The molecule has 0 atom stereocenters. The lowest BCUT2D eigenvalue weighted by Crippen LogP contribution is -2.49. The van der Waals surface area contributed by atoms with Gasteiger partial charge in [-0.3, -0.25) is 9.59 Å². The Hall–Kier alpha value is -2.18. The number of amides is 2.